The number of carbonyl (C=O) groups is 1. The number of pyridine rings is 1. The molecule has 0 aromatic carbocycles. The first-order chi connectivity index (χ1) is 8.49. The van der Waals surface area contributed by atoms with Crippen molar-refractivity contribution in [3.63, 3.8) is 0 Å². The minimum Gasteiger partial charge on any atom is -0.444 e. The molecule has 0 radical (unpaired) electrons. The van der Waals surface area contributed by atoms with Crippen molar-refractivity contribution in [1.29, 1.82) is 0 Å². The van der Waals surface area contributed by atoms with Gasteiger partial charge in [-0.15, -0.1) is 0 Å². The van der Waals surface area contributed by atoms with Crippen LogP contribution in [0.3, 0.4) is 0 Å². The van der Waals surface area contributed by atoms with Crippen molar-refractivity contribution in [3.05, 3.63) is 17.3 Å². The largest absolute Gasteiger partial charge is 0.444 e. The lowest BCUT2D eigenvalue weighted by Gasteiger charge is -2.20. The lowest BCUT2D eigenvalue weighted by molar-refractivity contribution is 0.0635. The van der Waals surface area contributed by atoms with Gasteiger partial charge in [-0.05, 0) is 32.9 Å². The highest BCUT2D eigenvalue weighted by Crippen LogP contribution is 2.25. The molecule has 0 fully saturated rings. The van der Waals surface area contributed by atoms with Crippen molar-refractivity contribution in [3.8, 4) is 0 Å². The normalized spacial score (nSPS) is 12.1. The van der Waals surface area contributed by atoms with Crippen molar-refractivity contribution in [1.82, 2.24) is 4.98 Å². The van der Waals surface area contributed by atoms with E-state index in [0.717, 1.165) is 0 Å². The summed E-state index contributed by atoms with van der Waals surface area (Å²) in [6.07, 6.45) is -0.821. The van der Waals surface area contributed by atoms with Crippen LogP contribution in [0.1, 0.15) is 20.8 Å². The molecule has 0 atom stereocenters. The Morgan fingerprint density at radius 2 is 1.95 bits per heavy atom. The van der Waals surface area contributed by atoms with Crippen LogP contribution in [0.15, 0.2) is 17.2 Å². The lowest BCUT2D eigenvalue weighted by Crippen LogP contribution is -2.27. The zero-order valence-corrected chi connectivity index (χ0v) is 12.7. The molecular weight excluding hydrogens is 315 g/mol. The van der Waals surface area contributed by atoms with E-state index in [1.54, 1.807) is 20.8 Å². The molecule has 0 bridgehead atoms. The van der Waals surface area contributed by atoms with Gasteiger partial charge in [0.2, 0.25) is 0 Å². The molecule has 19 heavy (non-hydrogen) atoms. The maximum atomic E-state index is 11.6. The van der Waals surface area contributed by atoms with Crippen LogP contribution in [0.2, 0.25) is 5.15 Å². The van der Waals surface area contributed by atoms with E-state index in [1.807, 2.05) is 0 Å². The van der Waals surface area contributed by atoms with E-state index in [2.05, 4.69) is 10.3 Å². The third kappa shape index (κ3) is 5.22. The average Bonchev–Trinajstić information content (AvgIpc) is 2.16. The molecule has 0 aliphatic carbocycles. The molecule has 0 unspecified atom stereocenters. The fourth-order valence-electron chi connectivity index (χ4n) is 1.11. The highest BCUT2D eigenvalue weighted by atomic mass is 35.7. The number of nitrogens with one attached hydrogen (secondary N) is 1. The van der Waals surface area contributed by atoms with E-state index in [1.165, 1.54) is 12.1 Å². The Labute approximate surface area is 120 Å². The van der Waals surface area contributed by atoms with Crippen LogP contribution in [0.4, 0.5) is 10.5 Å². The summed E-state index contributed by atoms with van der Waals surface area (Å²) in [5, 5.41) is 1.66. The van der Waals surface area contributed by atoms with Crippen molar-refractivity contribution in [2.75, 3.05) is 5.32 Å². The van der Waals surface area contributed by atoms with Gasteiger partial charge in [0.15, 0.2) is 5.03 Å². The van der Waals surface area contributed by atoms with Crippen molar-refractivity contribution < 1.29 is 17.9 Å². The topological polar surface area (TPSA) is 85.4 Å². The predicted molar refractivity (Wildman–Crippen MR) is 72.1 cm³/mol. The Kier molecular flexibility index (Phi) is 4.65. The smallest absolute Gasteiger partial charge is 0.412 e. The number of halogens is 2. The molecule has 1 aromatic rings. The second-order valence-electron chi connectivity index (χ2n) is 4.55. The third-order valence-electron chi connectivity index (χ3n) is 1.69. The van der Waals surface area contributed by atoms with E-state index in [4.69, 9.17) is 27.0 Å². The van der Waals surface area contributed by atoms with Gasteiger partial charge in [-0.1, -0.05) is 11.6 Å². The van der Waals surface area contributed by atoms with Crippen LogP contribution in [-0.4, -0.2) is 25.1 Å². The van der Waals surface area contributed by atoms with Gasteiger partial charge in [-0.3, -0.25) is 5.32 Å². The van der Waals surface area contributed by atoms with Crippen LogP contribution < -0.4 is 5.32 Å². The fourth-order valence-corrected chi connectivity index (χ4v) is 2.25. The van der Waals surface area contributed by atoms with E-state index in [9.17, 15) is 13.2 Å². The molecule has 0 aliphatic rings. The Morgan fingerprint density at radius 1 is 1.37 bits per heavy atom. The molecular formula is C10H12Cl2N2O4S. The molecule has 0 spiro atoms. The van der Waals surface area contributed by atoms with E-state index in [0.29, 0.717) is 0 Å². The zero-order chi connectivity index (χ0) is 14.8. The zero-order valence-electron chi connectivity index (χ0n) is 10.4. The second-order valence-corrected chi connectivity index (χ2v) is 7.42. The van der Waals surface area contributed by atoms with Crippen LogP contribution >= 0.6 is 22.3 Å². The lowest BCUT2D eigenvalue weighted by atomic mass is 10.2. The first-order valence-corrected chi connectivity index (χ1v) is 7.79. The van der Waals surface area contributed by atoms with Crippen LogP contribution in [-0.2, 0) is 13.8 Å². The van der Waals surface area contributed by atoms with Gasteiger partial charge < -0.3 is 4.74 Å². The molecule has 1 amide bonds. The fraction of sp³-hybridized carbons (Fsp3) is 0.400. The summed E-state index contributed by atoms with van der Waals surface area (Å²) in [5.41, 5.74) is -0.821. The van der Waals surface area contributed by atoms with Crippen LogP contribution in [0.5, 0.6) is 0 Å². The van der Waals surface area contributed by atoms with Crippen molar-refractivity contribution >= 4 is 43.1 Å². The first kappa shape index (κ1) is 16.0. The van der Waals surface area contributed by atoms with Crippen molar-refractivity contribution in [2.24, 2.45) is 0 Å². The van der Waals surface area contributed by atoms with Gasteiger partial charge in [0.1, 0.15) is 10.8 Å². The summed E-state index contributed by atoms with van der Waals surface area (Å²) in [6, 6.07) is 2.59. The van der Waals surface area contributed by atoms with Crippen molar-refractivity contribution in [2.45, 2.75) is 31.4 Å². The Bertz CT molecular complexity index is 596. The Balaban J connectivity index is 3.06. The number of amides is 1. The Morgan fingerprint density at radius 3 is 2.42 bits per heavy atom. The predicted octanol–water partition coefficient (Wildman–Crippen LogP) is 3.01. The quantitative estimate of drug-likeness (QED) is 0.667. The molecule has 1 rings (SSSR count). The van der Waals surface area contributed by atoms with E-state index in [-0.39, 0.29) is 10.8 Å². The molecule has 0 saturated heterocycles. The molecule has 6 nitrogen and oxygen atoms in total. The van der Waals surface area contributed by atoms with E-state index >= 15 is 0 Å². The number of anilines is 1. The summed E-state index contributed by atoms with van der Waals surface area (Å²) < 4.78 is 27.6. The summed E-state index contributed by atoms with van der Waals surface area (Å²) in [6.45, 7) is 5.02. The maximum Gasteiger partial charge on any atom is 0.412 e. The summed E-state index contributed by atoms with van der Waals surface area (Å²) in [7, 11) is 1.07. The van der Waals surface area contributed by atoms with Crippen LogP contribution in [0, 0.1) is 0 Å². The third-order valence-corrected chi connectivity index (χ3v) is 3.11. The highest BCUT2D eigenvalue weighted by molar-refractivity contribution is 8.13. The molecule has 1 N–H and O–H groups in total. The number of ether oxygens (including phenoxy) is 1. The minimum atomic E-state index is -4.14. The number of aromatic nitrogens is 1. The maximum absolute atomic E-state index is 11.6. The van der Waals surface area contributed by atoms with Gasteiger partial charge in [-0.25, -0.2) is 18.2 Å². The first-order valence-electron chi connectivity index (χ1n) is 5.10. The SMILES string of the molecule is CC(C)(C)OC(=O)Nc1ccc(Cl)nc1S(=O)(=O)Cl. The molecule has 106 valence electrons. The van der Waals surface area contributed by atoms with Gasteiger partial charge in [0.05, 0.1) is 5.69 Å². The standard InChI is InChI=1S/C10H12Cl2N2O4S/c1-10(2,3)18-9(15)13-6-4-5-7(11)14-8(6)19(12,16)17/h4-5H,1-3H3,(H,13,15). The van der Waals surface area contributed by atoms with Gasteiger partial charge in [-0.2, -0.15) is 0 Å². The van der Waals surface area contributed by atoms with Crippen LogP contribution in [0.25, 0.3) is 0 Å². The molecule has 1 heterocycles. The molecule has 1 aromatic heterocycles. The summed E-state index contributed by atoms with van der Waals surface area (Å²) >= 11 is 5.59. The second kappa shape index (κ2) is 5.52. The molecule has 0 aliphatic heterocycles. The average molecular weight is 327 g/mol. The van der Waals surface area contributed by atoms with Gasteiger partial charge in [0.25, 0.3) is 9.05 Å². The summed E-state index contributed by atoms with van der Waals surface area (Å²) in [4.78, 5) is 15.1. The van der Waals surface area contributed by atoms with E-state index < -0.39 is 25.8 Å². The minimum absolute atomic E-state index is 0.0611. The monoisotopic (exact) mass is 326 g/mol. The summed E-state index contributed by atoms with van der Waals surface area (Å²) in [5.74, 6) is 0. The Hall–Kier alpha value is -1.05. The highest BCUT2D eigenvalue weighted by Gasteiger charge is 2.22. The molecule has 0 saturated carbocycles. The number of hydrogen-bond donors (Lipinski definition) is 1. The molecule has 9 heteroatoms. The number of hydrogen-bond acceptors (Lipinski definition) is 5. The van der Waals surface area contributed by atoms with Gasteiger partial charge in [0, 0.05) is 10.7 Å². The number of nitrogens with zero attached hydrogens (tertiary/aromatic N) is 1. The number of carbonyl (C=O) groups excluding carboxylic acids is 1. The number of rotatable bonds is 2. The van der Waals surface area contributed by atoms with Gasteiger partial charge >= 0.3 is 6.09 Å².